The first-order valence-corrected chi connectivity index (χ1v) is 7.16. The van der Waals surface area contributed by atoms with Crippen molar-refractivity contribution >= 4 is 6.08 Å². The van der Waals surface area contributed by atoms with E-state index in [-0.39, 0.29) is 11.6 Å². The maximum Gasteiger partial charge on any atom is 0.184 e. The van der Waals surface area contributed by atoms with Crippen molar-refractivity contribution in [2.45, 2.75) is 39.3 Å². The third-order valence-corrected chi connectivity index (χ3v) is 2.99. The molecule has 1 atom stereocenters. The Morgan fingerprint density at radius 1 is 1.24 bits per heavy atom. The van der Waals surface area contributed by atoms with Gasteiger partial charge in [0, 0.05) is 6.61 Å². The molecular formula is C16H22N4O. The van der Waals surface area contributed by atoms with Gasteiger partial charge in [-0.2, -0.15) is 0 Å². The van der Waals surface area contributed by atoms with Crippen LogP contribution in [0.25, 0.3) is 6.08 Å². The summed E-state index contributed by atoms with van der Waals surface area (Å²) in [4.78, 5) is 0. The van der Waals surface area contributed by atoms with Crippen LogP contribution in [0, 0.1) is 0 Å². The number of nitrogens with zero attached hydrogens (tertiary/aromatic N) is 4. The zero-order chi connectivity index (χ0) is 15.3. The summed E-state index contributed by atoms with van der Waals surface area (Å²) in [6, 6.07) is 10.1. The van der Waals surface area contributed by atoms with Gasteiger partial charge in [0.2, 0.25) is 0 Å². The van der Waals surface area contributed by atoms with Crippen LogP contribution in [0.15, 0.2) is 36.4 Å². The standard InChI is InChI=1S/C16H22N4O/c1-5-21-14(12-11-13-9-7-6-8-10-13)15-17-18-19-20(15)16(2,3)4/h6-12,14H,5H2,1-4H3/b12-11+. The van der Waals surface area contributed by atoms with E-state index in [1.807, 2.05) is 54.1 Å². The normalized spacial score (nSPS) is 13.7. The Hall–Kier alpha value is -2.01. The Bertz CT molecular complexity index is 584. The second-order valence-corrected chi connectivity index (χ2v) is 5.77. The van der Waals surface area contributed by atoms with Gasteiger partial charge in [0.05, 0.1) is 5.54 Å². The van der Waals surface area contributed by atoms with Crippen molar-refractivity contribution in [1.82, 2.24) is 20.2 Å². The molecule has 0 N–H and O–H groups in total. The lowest BCUT2D eigenvalue weighted by Gasteiger charge is -2.22. The molecule has 21 heavy (non-hydrogen) atoms. The molecule has 5 heteroatoms. The van der Waals surface area contributed by atoms with Crippen LogP contribution < -0.4 is 0 Å². The van der Waals surface area contributed by atoms with Crippen LogP contribution in [0.2, 0.25) is 0 Å². The molecule has 0 saturated carbocycles. The number of hydrogen-bond acceptors (Lipinski definition) is 4. The van der Waals surface area contributed by atoms with Gasteiger partial charge in [-0.25, -0.2) is 4.68 Å². The third-order valence-electron chi connectivity index (χ3n) is 2.99. The van der Waals surface area contributed by atoms with Gasteiger partial charge >= 0.3 is 0 Å². The third kappa shape index (κ3) is 3.98. The molecular weight excluding hydrogens is 264 g/mol. The molecule has 0 radical (unpaired) electrons. The van der Waals surface area contributed by atoms with Gasteiger partial charge in [-0.3, -0.25) is 0 Å². The quantitative estimate of drug-likeness (QED) is 0.847. The zero-order valence-electron chi connectivity index (χ0n) is 13.0. The number of tetrazole rings is 1. The maximum atomic E-state index is 5.79. The number of benzene rings is 1. The average molecular weight is 286 g/mol. The fourth-order valence-electron chi connectivity index (χ4n) is 2.01. The van der Waals surface area contributed by atoms with E-state index in [0.717, 1.165) is 11.4 Å². The van der Waals surface area contributed by atoms with Crippen molar-refractivity contribution in [1.29, 1.82) is 0 Å². The van der Waals surface area contributed by atoms with Crippen LogP contribution in [0.4, 0.5) is 0 Å². The molecule has 1 aromatic carbocycles. The van der Waals surface area contributed by atoms with Crippen molar-refractivity contribution in [3.05, 3.63) is 47.8 Å². The highest BCUT2D eigenvalue weighted by molar-refractivity contribution is 5.49. The minimum Gasteiger partial charge on any atom is -0.366 e. The number of aromatic nitrogens is 4. The van der Waals surface area contributed by atoms with Crippen LogP contribution in [0.5, 0.6) is 0 Å². The molecule has 5 nitrogen and oxygen atoms in total. The number of rotatable bonds is 5. The molecule has 0 aliphatic heterocycles. The van der Waals surface area contributed by atoms with E-state index in [4.69, 9.17) is 4.74 Å². The van der Waals surface area contributed by atoms with E-state index in [0.29, 0.717) is 6.61 Å². The first-order valence-electron chi connectivity index (χ1n) is 7.16. The summed E-state index contributed by atoms with van der Waals surface area (Å²) >= 11 is 0. The van der Waals surface area contributed by atoms with E-state index < -0.39 is 0 Å². The molecule has 0 saturated heterocycles. The van der Waals surface area contributed by atoms with E-state index >= 15 is 0 Å². The molecule has 0 aliphatic carbocycles. The average Bonchev–Trinajstić information content (AvgIpc) is 2.94. The summed E-state index contributed by atoms with van der Waals surface area (Å²) in [5.41, 5.74) is 0.936. The second kappa shape index (κ2) is 6.63. The predicted octanol–water partition coefficient (Wildman–Crippen LogP) is 3.22. The van der Waals surface area contributed by atoms with Gasteiger partial charge in [-0.05, 0) is 49.8 Å². The van der Waals surface area contributed by atoms with Crippen molar-refractivity contribution < 1.29 is 4.74 Å². The summed E-state index contributed by atoms with van der Waals surface area (Å²) in [6.45, 7) is 8.76. The summed E-state index contributed by atoms with van der Waals surface area (Å²) in [5, 5.41) is 12.0. The molecule has 1 unspecified atom stereocenters. The van der Waals surface area contributed by atoms with Crippen LogP contribution in [-0.4, -0.2) is 26.8 Å². The Morgan fingerprint density at radius 2 is 1.95 bits per heavy atom. The van der Waals surface area contributed by atoms with Crippen LogP contribution >= 0.6 is 0 Å². The first-order chi connectivity index (χ1) is 10.0. The number of hydrogen-bond donors (Lipinski definition) is 0. The van der Waals surface area contributed by atoms with Crippen LogP contribution in [0.1, 0.15) is 45.2 Å². The SMILES string of the molecule is CCOC(/C=C/c1ccccc1)c1nnnn1C(C)(C)C. The molecule has 1 heterocycles. The summed E-state index contributed by atoms with van der Waals surface area (Å²) in [5.74, 6) is 0.719. The fraction of sp³-hybridized carbons (Fsp3) is 0.438. The van der Waals surface area contributed by atoms with Crippen molar-refractivity contribution in [3.63, 3.8) is 0 Å². The van der Waals surface area contributed by atoms with Gasteiger partial charge in [-0.15, -0.1) is 5.10 Å². The molecule has 0 amide bonds. The first kappa shape index (κ1) is 15.4. The Morgan fingerprint density at radius 3 is 2.57 bits per heavy atom. The molecule has 112 valence electrons. The minimum atomic E-state index is -0.260. The highest BCUT2D eigenvalue weighted by Crippen LogP contribution is 2.22. The van der Waals surface area contributed by atoms with Crippen molar-refractivity contribution in [2.24, 2.45) is 0 Å². The summed E-state index contributed by atoms with van der Waals surface area (Å²) in [6.07, 6.45) is 3.76. The van der Waals surface area contributed by atoms with Crippen LogP contribution in [0.3, 0.4) is 0 Å². The molecule has 2 aromatic rings. The highest BCUT2D eigenvalue weighted by Gasteiger charge is 2.24. The minimum absolute atomic E-state index is 0.186. The Kier molecular flexibility index (Phi) is 4.85. The lowest BCUT2D eigenvalue weighted by molar-refractivity contribution is 0.0834. The predicted molar refractivity (Wildman–Crippen MR) is 82.7 cm³/mol. The fourth-order valence-corrected chi connectivity index (χ4v) is 2.01. The Labute approximate surface area is 125 Å². The lowest BCUT2D eigenvalue weighted by Crippen LogP contribution is -2.27. The molecule has 1 aromatic heterocycles. The second-order valence-electron chi connectivity index (χ2n) is 5.77. The van der Waals surface area contributed by atoms with E-state index in [9.17, 15) is 0 Å². The highest BCUT2D eigenvalue weighted by atomic mass is 16.5. The van der Waals surface area contributed by atoms with Gasteiger partial charge in [-0.1, -0.05) is 36.4 Å². The molecule has 0 aliphatic rings. The van der Waals surface area contributed by atoms with E-state index in [1.165, 1.54) is 0 Å². The van der Waals surface area contributed by atoms with Gasteiger partial charge < -0.3 is 4.74 Å². The van der Waals surface area contributed by atoms with Gasteiger partial charge in [0.1, 0.15) is 6.10 Å². The largest absolute Gasteiger partial charge is 0.366 e. The molecule has 0 spiro atoms. The van der Waals surface area contributed by atoms with Gasteiger partial charge in [0.15, 0.2) is 5.82 Å². The molecule has 0 fully saturated rings. The topological polar surface area (TPSA) is 52.8 Å². The number of ether oxygens (including phenoxy) is 1. The molecule has 0 bridgehead atoms. The smallest absolute Gasteiger partial charge is 0.184 e. The lowest BCUT2D eigenvalue weighted by atomic mass is 10.1. The Balaban J connectivity index is 2.28. The summed E-state index contributed by atoms with van der Waals surface area (Å²) < 4.78 is 7.60. The monoisotopic (exact) mass is 286 g/mol. The van der Waals surface area contributed by atoms with Gasteiger partial charge in [0.25, 0.3) is 0 Å². The van der Waals surface area contributed by atoms with E-state index in [1.54, 1.807) is 0 Å². The van der Waals surface area contributed by atoms with Crippen LogP contribution in [-0.2, 0) is 10.3 Å². The maximum absolute atomic E-state index is 5.79. The summed E-state index contributed by atoms with van der Waals surface area (Å²) in [7, 11) is 0. The van der Waals surface area contributed by atoms with Crippen molar-refractivity contribution in [2.75, 3.05) is 6.61 Å². The van der Waals surface area contributed by atoms with E-state index in [2.05, 4.69) is 36.3 Å². The zero-order valence-corrected chi connectivity index (χ0v) is 13.0. The molecule has 2 rings (SSSR count). The van der Waals surface area contributed by atoms with Crippen molar-refractivity contribution in [3.8, 4) is 0 Å².